The van der Waals surface area contributed by atoms with Gasteiger partial charge in [-0.15, -0.1) is 0 Å². The van der Waals surface area contributed by atoms with E-state index in [1.807, 2.05) is 49.4 Å². The highest BCUT2D eigenvalue weighted by Gasteiger charge is 2.25. The lowest BCUT2D eigenvalue weighted by Crippen LogP contribution is -2.05. The maximum atomic E-state index is 5.89. The highest BCUT2D eigenvalue weighted by molar-refractivity contribution is 5.67. The number of benzene rings is 3. The van der Waals surface area contributed by atoms with Crippen molar-refractivity contribution in [3.8, 4) is 28.7 Å². The molecule has 0 heterocycles. The minimum absolute atomic E-state index is 0.528. The van der Waals surface area contributed by atoms with Crippen molar-refractivity contribution in [2.75, 3.05) is 28.4 Å². The van der Waals surface area contributed by atoms with E-state index in [0.29, 0.717) is 36.0 Å². The van der Waals surface area contributed by atoms with Crippen LogP contribution in [-0.4, -0.2) is 28.4 Å². The monoisotopic (exact) mass is 408 g/mol. The van der Waals surface area contributed by atoms with Crippen LogP contribution in [0.2, 0.25) is 0 Å². The SMILES string of the molecule is COc1c(C)c(Cc2ccc(OCc3ccccc3)cc2)c(OC)c(OC)c1OC. The van der Waals surface area contributed by atoms with E-state index in [-0.39, 0.29) is 0 Å². The Morgan fingerprint density at radius 2 is 1.17 bits per heavy atom. The van der Waals surface area contributed by atoms with Crippen molar-refractivity contribution < 1.29 is 23.7 Å². The van der Waals surface area contributed by atoms with Gasteiger partial charge in [-0.1, -0.05) is 42.5 Å². The van der Waals surface area contributed by atoms with Crippen molar-refractivity contribution in [3.05, 3.63) is 76.9 Å². The zero-order chi connectivity index (χ0) is 21.5. The molecule has 3 aromatic carbocycles. The Kier molecular flexibility index (Phi) is 7.07. The van der Waals surface area contributed by atoms with Crippen molar-refractivity contribution in [2.24, 2.45) is 0 Å². The first kappa shape index (κ1) is 21.4. The summed E-state index contributed by atoms with van der Waals surface area (Å²) < 4.78 is 28.3. The molecule has 0 aliphatic rings. The predicted molar refractivity (Wildman–Crippen MR) is 117 cm³/mol. The molecule has 0 atom stereocenters. The minimum atomic E-state index is 0.528. The molecule has 0 unspecified atom stereocenters. The summed E-state index contributed by atoms with van der Waals surface area (Å²) in [5, 5.41) is 0. The van der Waals surface area contributed by atoms with E-state index in [0.717, 1.165) is 28.0 Å². The van der Waals surface area contributed by atoms with Gasteiger partial charge in [0.15, 0.2) is 11.5 Å². The van der Waals surface area contributed by atoms with Gasteiger partial charge in [-0.25, -0.2) is 0 Å². The molecule has 0 aliphatic carbocycles. The molecule has 0 radical (unpaired) electrons. The molecule has 158 valence electrons. The lowest BCUT2D eigenvalue weighted by molar-refractivity contribution is 0.302. The lowest BCUT2D eigenvalue weighted by Gasteiger charge is -2.21. The first-order chi connectivity index (χ1) is 14.6. The molecule has 0 spiro atoms. The Balaban J connectivity index is 1.85. The standard InChI is InChI=1S/C25H28O5/c1-17-21(23(27-3)25(29-5)24(28-4)22(17)26-2)15-18-11-13-20(14-12-18)30-16-19-9-7-6-8-10-19/h6-14H,15-16H2,1-5H3. The summed E-state index contributed by atoms with van der Waals surface area (Å²) in [5.74, 6) is 3.18. The highest BCUT2D eigenvalue weighted by atomic mass is 16.5. The highest BCUT2D eigenvalue weighted by Crippen LogP contribution is 2.49. The molecule has 3 aromatic rings. The van der Waals surface area contributed by atoms with Crippen molar-refractivity contribution in [2.45, 2.75) is 20.0 Å². The first-order valence-electron chi connectivity index (χ1n) is 9.74. The maximum Gasteiger partial charge on any atom is 0.207 e. The summed E-state index contributed by atoms with van der Waals surface area (Å²) >= 11 is 0. The van der Waals surface area contributed by atoms with E-state index < -0.39 is 0 Å². The summed E-state index contributed by atoms with van der Waals surface area (Å²) in [6, 6.07) is 18.2. The van der Waals surface area contributed by atoms with Crippen LogP contribution >= 0.6 is 0 Å². The number of rotatable bonds is 9. The van der Waals surface area contributed by atoms with Gasteiger partial charge in [0, 0.05) is 17.5 Å². The third kappa shape index (κ3) is 4.46. The maximum absolute atomic E-state index is 5.89. The minimum Gasteiger partial charge on any atom is -0.492 e. The van der Waals surface area contributed by atoms with Gasteiger partial charge < -0.3 is 23.7 Å². The van der Waals surface area contributed by atoms with Gasteiger partial charge >= 0.3 is 0 Å². The Morgan fingerprint density at radius 3 is 1.73 bits per heavy atom. The van der Waals surface area contributed by atoms with Crippen molar-refractivity contribution in [3.63, 3.8) is 0 Å². The van der Waals surface area contributed by atoms with Gasteiger partial charge in [0.05, 0.1) is 28.4 Å². The summed E-state index contributed by atoms with van der Waals surface area (Å²) in [5.41, 5.74) is 4.21. The van der Waals surface area contributed by atoms with Crippen LogP contribution in [0.25, 0.3) is 0 Å². The fraction of sp³-hybridized carbons (Fsp3) is 0.280. The van der Waals surface area contributed by atoms with Crippen LogP contribution < -0.4 is 23.7 Å². The molecule has 5 nitrogen and oxygen atoms in total. The Labute approximate surface area is 178 Å². The molecule has 0 bridgehead atoms. The molecule has 0 aliphatic heterocycles. The van der Waals surface area contributed by atoms with E-state index in [4.69, 9.17) is 23.7 Å². The molecule has 3 rings (SSSR count). The molecular weight excluding hydrogens is 380 g/mol. The van der Waals surface area contributed by atoms with Crippen LogP contribution in [0.4, 0.5) is 0 Å². The molecule has 5 heteroatoms. The fourth-order valence-corrected chi connectivity index (χ4v) is 3.51. The first-order valence-corrected chi connectivity index (χ1v) is 9.74. The molecule has 0 N–H and O–H groups in total. The third-order valence-electron chi connectivity index (χ3n) is 5.06. The third-order valence-corrected chi connectivity index (χ3v) is 5.06. The lowest BCUT2D eigenvalue weighted by atomic mass is 9.97. The van der Waals surface area contributed by atoms with Gasteiger partial charge in [-0.05, 0) is 30.2 Å². The zero-order valence-electron chi connectivity index (χ0n) is 18.2. The molecule has 30 heavy (non-hydrogen) atoms. The van der Waals surface area contributed by atoms with Crippen LogP contribution in [-0.2, 0) is 13.0 Å². The van der Waals surface area contributed by atoms with Crippen LogP contribution in [0.5, 0.6) is 28.7 Å². The van der Waals surface area contributed by atoms with Gasteiger partial charge in [0.25, 0.3) is 0 Å². The largest absolute Gasteiger partial charge is 0.492 e. The van der Waals surface area contributed by atoms with Crippen LogP contribution in [0.15, 0.2) is 54.6 Å². The quantitative estimate of drug-likeness (QED) is 0.487. The average Bonchev–Trinajstić information content (AvgIpc) is 2.79. The smallest absolute Gasteiger partial charge is 0.207 e. The van der Waals surface area contributed by atoms with Crippen LogP contribution in [0.3, 0.4) is 0 Å². The van der Waals surface area contributed by atoms with E-state index in [1.54, 1.807) is 28.4 Å². The summed E-state index contributed by atoms with van der Waals surface area (Å²) in [6.07, 6.45) is 0.657. The number of hydrogen-bond acceptors (Lipinski definition) is 5. The molecule has 0 amide bonds. The number of hydrogen-bond donors (Lipinski definition) is 0. The average molecular weight is 408 g/mol. The normalized spacial score (nSPS) is 10.4. The van der Waals surface area contributed by atoms with Crippen molar-refractivity contribution in [1.29, 1.82) is 0 Å². The van der Waals surface area contributed by atoms with Gasteiger partial charge in [0.2, 0.25) is 11.5 Å². The van der Waals surface area contributed by atoms with Crippen molar-refractivity contribution >= 4 is 0 Å². The van der Waals surface area contributed by atoms with Crippen molar-refractivity contribution in [1.82, 2.24) is 0 Å². The van der Waals surface area contributed by atoms with E-state index >= 15 is 0 Å². The molecule has 0 fully saturated rings. The summed E-state index contributed by atoms with van der Waals surface area (Å²) in [6.45, 7) is 2.54. The molecular formula is C25H28O5. The van der Waals surface area contributed by atoms with E-state index in [9.17, 15) is 0 Å². The van der Waals surface area contributed by atoms with Crippen LogP contribution in [0, 0.1) is 6.92 Å². The van der Waals surface area contributed by atoms with Gasteiger partial charge in [0.1, 0.15) is 12.4 Å². The number of methoxy groups -OCH3 is 4. The number of ether oxygens (including phenoxy) is 5. The second-order valence-electron chi connectivity index (χ2n) is 6.83. The Hall–Kier alpha value is -3.34. The van der Waals surface area contributed by atoms with Crippen LogP contribution in [0.1, 0.15) is 22.3 Å². The second-order valence-corrected chi connectivity index (χ2v) is 6.83. The van der Waals surface area contributed by atoms with Gasteiger partial charge in [-0.2, -0.15) is 0 Å². The molecule has 0 saturated heterocycles. The van der Waals surface area contributed by atoms with Gasteiger partial charge in [-0.3, -0.25) is 0 Å². The van der Waals surface area contributed by atoms with E-state index in [1.165, 1.54) is 0 Å². The Bertz CT molecular complexity index is 965. The zero-order valence-corrected chi connectivity index (χ0v) is 18.2. The Morgan fingerprint density at radius 1 is 0.600 bits per heavy atom. The summed E-state index contributed by atoms with van der Waals surface area (Å²) in [4.78, 5) is 0. The summed E-state index contributed by atoms with van der Waals surface area (Å²) in [7, 11) is 6.44. The fourth-order valence-electron chi connectivity index (χ4n) is 3.51. The topological polar surface area (TPSA) is 46.2 Å². The van der Waals surface area contributed by atoms with E-state index in [2.05, 4.69) is 12.1 Å². The second kappa shape index (κ2) is 9.92. The molecule has 0 saturated carbocycles. The molecule has 0 aromatic heterocycles. The predicted octanol–water partition coefficient (Wildman–Crippen LogP) is 5.20.